The van der Waals surface area contributed by atoms with Crippen molar-refractivity contribution in [1.82, 2.24) is 10.9 Å². The standard InChI is InChI=1S/C16H15ClN4O4S/c1-10-2-5-12(6-3-10)25-9-15(22)19-20-16(26)18-14-8-11(21(23)24)4-7-13(14)17/h2-8H,9H2,1H3,(H,19,22)(H2,18,20,26). The summed E-state index contributed by atoms with van der Waals surface area (Å²) in [5.41, 5.74) is 5.99. The smallest absolute Gasteiger partial charge is 0.276 e. The average Bonchev–Trinajstić information content (AvgIpc) is 2.61. The number of thiocarbonyl (C=S) groups is 1. The first-order valence-electron chi connectivity index (χ1n) is 7.34. The minimum Gasteiger partial charge on any atom is -0.484 e. The van der Waals surface area contributed by atoms with Crippen LogP contribution in [0.4, 0.5) is 11.4 Å². The lowest BCUT2D eigenvalue weighted by molar-refractivity contribution is -0.384. The molecule has 26 heavy (non-hydrogen) atoms. The van der Waals surface area contributed by atoms with Crippen molar-refractivity contribution in [3.63, 3.8) is 0 Å². The van der Waals surface area contributed by atoms with Crippen molar-refractivity contribution in [2.24, 2.45) is 0 Å². The monoisotopic (exact) mass is 394 g/mol. The van der Waals surface area contributed by atoms with Gasteiger partial charge in [0.1, 0.15) is 5.75 Å². The number of hydrazine groups is 1. The highest BCUT2D eigenvalue weighted by atomic mass is 35.5. The first-order valence-corrected chi connectivity index (χ1v) is 8.13. The molecule has 2 rings (SSSR count). The molecular weight excluding hydrogens is 380 g/mol. The molecule has 2 aromatic rings. The van der Waals surface area contributed by atoms with E-state index in [1.807, 2.05) is 19.1 Å². The summed E-state index contributed by atoms with van der Waals surface area (Å²) in [6, 6.07) is 11.1. The molecule has 2 aromatic carbocycles. The van der Waals surface area contributed by atoms with Crippen molar-refractivity contribution >= 4 is 46.2 Å². The molecule has 136 valence electrons. The Morgan fingerprint density at radius 2 is 1.92 bits per heavy atom. The molecule has 0 heterocycles. The lowest BCUT2D eigenvalue weighted by Crippen LogP contribution is -2.45. The van der Waals surface area contributed by atoms with Crippen molar-refractivity contribution in [2.45, 2.75) is 6.92 Å². The zero-order valence-electron chi connectivity index (χ0n) is 13.6. The van der Waals surface area contributed by atoms with Gasteiger partial charge in [0.2, 0.25) is 0 Å². The number of halogens is 1. The van der Waals surface area contributed by atoms with Crippen LogP contribution in [0.1, 0.15) is 5.56 Å². The second kappa shape index (κ2) is 8.97. The van der Waals surface area contributed by atoms with Crippen LogP contribution in [0, 0.1) is 17.0 Å². The second-order valence-electron chi connectivity index (χ2n) is 5.15. The van der Waals surface area contributed by atoms with E-state index in [2.05, 4.69) is 16.2 Å². The zero-order valence-corrected chi connectivity index (χ0v) is 15.2. The molecule has 10 heteroatoms. The molecule has 0 aliphatic rings. The van der Waals surface area contributed by atoms with Crippen molar-refractivity contribution in [3.05, 3.63) is 63.2 Å². The maximum Gasteiger partial charge on any atom is 0.276 e. The number of rotatable bonds is 5. The number of aryl methyl sites for hydroxylation is 1. The first-order chi connectivity index (χ1) is 12.3. The van der Waals surface area contributed by atoms with Gasteiger partial charge < -0.3 is 10.1 Å². The summed E-state index contributed by atoms with van der Waals surface area (Å²) in [4.78, 5) is 22.0. The fraction of sp³-hybridized carbons (Fsp3) is 0.125. The van der Waals surface area contributed by atoms with E-state index in [0.717, 1.165) is 5.56 Å². The summed E-state index contributed by atoms with van der Waals surface area (Å²) >= 11 is 11.0. The van der Waals surface area contributed by atoms with Crippen molar-refractivity contribution in [3.8, 4) is 5.75 Å². The molecule has 0 aromatic heterocycles. The van der Waals surface area contributed by atoms with E-state index in [-0.39, 0.29) is 28.1 Å². The third-order valence-electron chi connectivity index (χ3n) is 3.12. The van der Waals surface area contributed by atoms with Gasteiger partial charge >= 0.3 is 0 Å². The third kappa shape index (κ3) is 5.87. The Hall–Kier alpha value is -2.91. The number of nitro groups is 1. The normalized spacial score (nSPS) is 9.92. The molecule has 8 nitrogen and oxygen atoms in total. The minimum atomic E-state index is -0.553. The summed E-state index contributed by atoms with van der Waals surface area (Å²) < 4.78 is 5.32. The predicted octanol–water partition coefficient (Wildman–Crippen LogP) is 2.95. The number of non-ortho nitro benzene ring substituents is 1. The van der Waals surface area contributed by atoms with Crippen LogP contribution in [0.25, 0.3) is 0 Å². The molecule has 0 saturated carbocycles. The molecule has 0 spiro atoms. The van der Waals surface area contributed by atoms with Crippen molar-refractivity contribution in [2.75, 3.05) is 11.9 Å². The number of carbonyl (C=O) groups is 1. The van der Waals surface area contributed by atoms with Gasteiger partial charge in [-0.25, -0.2) is 0 Å². The van der Waals surface area contributed by atoms with Gasteiger partial charge in [-0.05, 0) is 37.3 Å². The number of nitro benzene ring substituents is 1. The summed E-state index contributed by atoms with van der Waals surface area (Å²) in [5, 5.41) is 13.7. The molecule has 0 fully saturated rings. The Bertz CT molecular complexity index is 829. The SMILES string of the molecule is Cc1ccc(OCC(=O)NNC(=S)Nc2cc([N+](=O)[O-])ccc2Cl)cc1. The van der Waals surface area contributed by atoms with Gasteiger partial charge in [0.25, 0.3) is 11.6 Å². The van der Waals surface area contributed by atoms with E-state index in [4.69, 9.17) is 28.6 Å². The van der Waals surface area contributed by atoms with E-state index in [0.29, 0.717) is 5.75 Å². The van der Waals surface area contributed by atoms with Crippen LogP contribution >= 0.6 is 23.8 Å². The van der Waals surface area contributed by atoms with E-state index in [1.165, 1.54) is 18.2 Å². The lowest BCUT2D eigenvalue weighted by atomic mass is 10.2. The Morgan fingerprint density at radius 1 is 1.23 bits per heavy atom. The number of amides is 1. The maximum atomic E-state index is 11.7. The highest BCUT2D eigenvalue weighted by molar-refractivity contribution is 7.80. The molecule has 0 bridgehead atoms. The van der Waals surface area contributed by atoms with Gasteiger partial charge in [-0.2, -0.15) is 0 Å². The number of hydrogen-bond donors (Lipinski definition) is 3. The number of ether oxygens (including phenoxy) is 1. The van der Waals surface area contributed by atoms with Crippen molar-refractivity contribution in [1.29, 1.82) is 0 Å². The van der Waals surface area contributed by atoms with Crippen LogP contribution < -0.4 is 20.9 Å². The summed E-state index contributed by atoms with van der Waals surface area (Å²) in [6.07, 6.45) is 0. The fourth-order valence-electron chi connectivity index (χ4n) is 1.82. The van der Waals surface area contributed by atoms with Crippen LogP contribution in [-0.2, 0) is 4.79 Å². The van der Waals surface area contributed by atoms with Gasteiger partial charge in [0, 0.05) is 12.1 Å². The van der Waals surface area contributed by atoms with E-state index < -0.39 is 10.8 Å². The molecule has 0 saturated heterocycles. The molecule has 0 aliphatic heterocycles. The predicted molar refractivity (Wildman–Crippen MR) is 102 cm³/mol. The Balaban J connectivity index is 1.81. The molecule has 0 aliphatic carbocycles. The molecule has 0 unspecified atom stereocenters. The molecule has 0 radical (unpaired) electrons. The van der Waals surface area contributed by atoms with Crippen LogP contribution in [-0.4, -0.2) is 22.5 Å². The highest BCUT2D eigenvalue weighted by Gasteiger charge is 2.11. The summed E-state index contributed by atoms with van der Waals surface area (Å²) in [5.74, 6) is 0.106. The minimum absolute atomic E-state index is 0.0103. The summed E-state index contributed by atoms with van der Waals surface area (Å²) in [7, 11) is 0. The maximum absolute atomic E-state index is 11.7. The highest BCUT2D eigenvalue weighted by Crippen LogP contribution is 2.26. The average molecular weight is 395 g/mol. The molecular formula is C16H15ClN4O4S. The van der Waals surface area contributed by atoms with Gasteiger partial charge in [-0.15, -0.1) is 0 Å². The topological polar surface area (TPSA) is 106 Å². The second-order valence-corrected chi connectivity index (χ2v) is 5.97. The molecule has 1 amide bonds. The van der Waals surface area contributed by atoms with Gasteiger partial charge in [0.15, 0.2) is 11.7 Å². The Kier molecular flexibility index (Phi) is 6.70. The van der Waals surface area contributed by atoms with Crippen LogP contribution in [0.2, 0.25) is 5.02 Å². The largest absolute Gasteiger partial charge is 0.484 e. The molecule has 3 N–H and O–H groups in total. The molecule has 0 atom stereocenters. The van der Waals surface area contributed by atoms with Crippen LogP contribution in [0.5, 0.6) is 5.75 Å². The first kappa shape index (κ1) is 19.4. The van der Waals surface area contributed by atoms with Crippen LogP contribution in [0.3, 0.4) is 0 Å². The number of anilines is 1. The Morgan fingerprint density at radius 3 is 2.58 bits per heavy atom. The van der Waals surface area contributed by atoms with Gasteiger partial charge in [-0.3, -0.25) is 25.8 Å². The fourth-order valence-corrected chi connectivity index (χ4v) is 2.15. The number of hydrogen-bond acceptors (Lipinski definition) is 5. The number of nitrogens with one attached hydrogen (secondary N) is 3. The van der Waals surface area contributed by atoms with E-state index in [1.54, 1.807) is 12.1 Å². The van der Waals surface area contributed by atoms with Gasteiger partial charge in [0.05, 0.1) is 15.6 Å². The van der Waals surface area contributed by atoms with Crippen molar-refractivity contribution < 1.29 is 14.5 Å². The summed E-state index contributed by atoms with van der Waals surface area (Å²) in [6.45, 7) is 1.73. The quantitative estimate of drug-likeness (QED) is 0.406. The number of nitrogens with zero attached hydrogens (tertiary/aromatic N) is 1. The van der Waals surface area contributed by atoms with E-state index in [9.17, 15) is 14.9 Å². The lowest BCUT2D eigenvalue weighted by Gasteiger charge is -2.13. The van der Waals surface area contributed by atoms with E-state index >= 15 is 0 Å². The Labute approximate surface area is 159 Å². The third-order valence-corrected chi connectivity index (χ3v) is 3.65. The number of benzene rings is 2. The number of carbonyl (C=O) groups excluding carboxylic acids is 1. The zero-order chi connectivity index (χ0) is 19.1. The van der Waals surface area contributed by atoms with Gasteiger partial charge in [-0.1, -0.05) is 29.3 Å². The van der Waals surface area contributed by atoms with Crippen LogP contribution in [0.15, 0.2) is 42.5 Å².